The van der Waals surface area contributed by atoms with E-state index in [0.717, 1.165) is 70.6 Å². The van der Waals surface area contributed by atoms with E-state index in [1.807, 2.05) is 0 Å². The van der Waals surface area contributed by atoms with Crippen LogP contribution in [0.15, 0.2) is 48.6 Å². The van der Waals surface area contributed by atoms with Gasteiger partial charge in [0.1, 0.15) is 12.7 Å². The maximum atomic E-state index is 12.3. The Balaban J connectivity index is 3.82. The van der Waals surface area contributed by atoms with Gasteiger partial charge in [-0.15, -0.1) is 0 Å². The van der Waals surface area contributed by atoms with Crippen LogP contribution in [0.3, 0.4) is 0 Å². The number of ether oxygens (including phenoxy) is 1. The van der Waals surface area contributed by atoms with Crippen molar-refractivity contribution in [2.75, 3.05) is 19.8 Å². The highest BCUT2D eigenvalue weighted by atomic mass is 31.2. The lowest BCUT2D eigenvalue weighted by Gasteiger charge is -2.18. The van der Waals surface area contributed by atoms with Gasteiger partial charge in [-0.05, 0) is 70.6 Å². The monoisotopic (exact) mass is 882 g/mol. The lowest BCUT2D eigenvalue weighted by atomic mass is 10.0. The second-order valence-electron chi connectivity index (χ2n) is 16.3. The van der Waals surface area contributed by atoms with Crippen LogP contribution in [-0.4, -0.2) is 64.9 Å². The first-order valence-electron chi connectivity index (χ1n) is 24.2. The molecule has 354 valence electrons. The molecule has 0 aliphatic heterocycles. The number of hydrogen-bond donors (Lipinski definition) is 4. The minimum atomic E-state index is -4.76. The Morgan fingerprint density at radius 2 is 0.918 bits per heavy atom. The number of aliphatic hydroxyl groups excluding tert-OH is 1. The summed E-state index contributed by atoms with van der Waals surface area (Å²) in [5.41, 5.74) is 0. The highest BCUT2D eigenvalue weighted by Gasteiger charge is 2.28. The van der Waals surface area contributed by atoms with Crippen LogP contribution in [-0.2, 0) is 32.7 Å². The van der Waals surface area contributed by atoms with Gasteiger partial charge in [0.05, 0.1) is 13.2 Å². The normalized spacial score (nSPS) is 14.0. The van der Waals surface area contributed by atoms with Gasteiger partial charge < -0.3 is 25.2 Å². The Morgan fingerprint density at radius 1 is 0.525 bits per heavy atom. The summed E-state index contributed by atoms with van der Waals surface area (Å²) in [5.74, 6) is -2.39. The summed E-state index contributed by atoms with van der Waals surface area (Å²) in [4.78, 5) is 46.0. The minimum absolute atomic E-state index is 0.129. The number of phosphoric acid groups is 1. The zero-order valence-corrected chi connectivity index (χ0v) is 39.4. The summed E-state index contributed by atoms with van der Waals surface area (Å²) in [5, 5.41) is 21.9. The molecule has 0 radical (unpaired) electrons. The minimum Gasteiger partial charge on any atom is -0.480 e. The van der Waals surface area contributed by atoms with Crippen LogP contribution in [0.4, 0.5) is 0 Å². The van der Waals surface area contributed by atoms with E-state index >= 15 is 0 Å². The molecule has 4 N–H and O–H groups in total. The van der Waals surface area contributed by atoms with Gasteiger partial charge in [-0.25, -0.2) is 9.36 Å². The van der Waals surface area contributed by atoms with E-state index in [0.29, 0.717) is 12.8 Å². The number of carbonyl (C=O) groups is 3. The molecule has 0 aliphatic rings. The summed E-state index contributed by atoms with van der Waals surface area (Å²) in [7, 11) is -4.76. The first kappa shape index (κ1) is 58.4. The fraction of sp³-hybridized carbons (Fsp3) is 0.776. The molecule has 3 atom stereocenters. The van der Waals surface area contributed by atoms with Gasteiger partial charge in [0.25, 0.3) is 0 Å². The van der Waals surface area contributed by atoms with E-state index in [4.69, 9.17) is 13.8 Å². The molecule has 0 rings (SSSR count). The predicted molar refractivity (Wildman–Crippen MR) is 249 cm³/mol. The molecule has 61 heavy (non-hydrogen) atoms. The van der Waals surface area contributed by atoms with Crippen molar-refractivity contribution in [3.63, 3.8) is 0 Å². The standard InChI is InChI=1S/C49H88NO10P/c1-3-5-7-9-11-13-15-17-19-20-21-22-23-24-25-26-27-29-31-33-35-37-39-41-48(53)58-42-45(51)43-59-61(56,57)60-44-46(49(54)55)50-47(52)40-38-36-34-32-30-28-18-16-14-12-10-8-6-4-2/h10-13,16-19,45-46,51H,3-9,14-15,20-44H2,1-2H3,(H,50,52)(H,54,55)(H,56,57)/b12-10-,13-11-,18-16-,19-17-. The molecule has 11 nitrogen and oxygen atoms in total. The number of aliphatic carboxylic acids is 1. The van der Waals surface area contributed by atoms with Crippen LogP contribution in [0.5, 0.6) is 0 Å². The van der Waals surface area contributed by atoms with Gasteiger partial charge in [0.2, 0.25) is 5.91 Å². The average molecular weight is 882 g/mol. The van der Waals surface area contributed by atoms with Crippen molar-refractivity contribution in [3.8, 4) is 0 Å². The number of carboxylic acids is 1. The molecule has 0 heterocycles. The summed E-state index contributed by atoms with van der Waals surface area (Å²) in [6, 6.07) is -1.55. The molecule has 0 aromatic heterocycles. The van der Waals surface area contributed by atoms with E-state index in [1.54, 1.807) is 0 Å². The maximum Gasteiger partial charge on any atom is 0.472 e. The van der Waals surface area contributed by atoms with Crippen LogP contribution in [0.25, 0.3) is 0 Å². The Hall–Kier alpha value is -2.56. The number of carboxylic acid groups (broad SMARTS) is 1. The van der Waals surface area contributed by atoms with Gasteiger partial charge in [-0.2, -0.15) is 0 Å². The van der Waals surface area contributed by atoms with E-state index < -0.39 is 57.6 Å². The number of nitrogens with one attached hydrogen (secondary N) is 1. The Morgan fingerprint density at radius 3 is 1.38 bits per heavy atom. The molecule has 0 aromatic rings. The molecular formula is C49H88NO10P. The summed E-state index contributed by atoms with van der Waals surface area (Å²) >= 11 is 0. The van der Waals surface area contributed by atoms with E-state index in [1.165, 1.54) is 103 Å². The van der Waals surface area contributed by atoms with Crippen molar-refractivity contribution in [1.29, 1.82) is 0 Å². The fourth-order valence-corrected chi connectivity index (χ4v) is 7.31. The smallest absolute Gasteiger partial charge is 0.472 e. The van der Waals surface area contributed by atoms with Crippen LogP contribution >= 0.6 is 7.82 Å². The third-order valence-electron chi connectivity index (χ3n) is 10.3. The average Bonchev–Trinajstić information content (AvgIpc) is 3.24. The highest BCUT2D eigenvalue weighted by molar-refractivity contribution is 7.47. The number of esters is 1. The molecule has 0 saturated carbocycles. The summed E-state index contributed by atoms with van der Waals surface area (Å²) in [6.45, 7) is 2.53. The quantitative estimate of drug-likeness (QED) is 0.0200. The first-order chi connectivity index (χ1) is 29.6. The van der Waals surface area contributed by atoms with Crippen molar-refractivity contribution in [2.45, 2.75) is 225 Å². The second kappa shape index (κ2) is 44.1. The summed E-state index contributed by atoms with van der Waals surface area (Å²) in [6.07, 6.45) is 49.9. The van der Waals surface area contributed by atoms with Crippen molar-refractivity contribution < 1.29 is 47.8 Å². The number of unbranched alkanes of at least 4 members (excludes halogenated alkanes) is 23. The molecule has 3 unspecified atom stereocenters. The lowest BCUT2D eigenvalue weighted by molar-refractivity contribution is -0.147. The zero-order valence-electron chi connectivity index (χ0n) is 38.5. The van der Waals surface area contributed by atoms with Crippen LogP contribution in [0.2, 0.25) is 0 Å². The molecule has 0 aromatic carbocycles. The molecule has 12 heteroatoms. The first-order valence-corrected chi connectivity index (χ1v) is 25.7. The Kier molecular flexibility index (Phi) is 42.2. The predicted octanol–water partition coefficient (Wildman–Crippen LogP) is 13.0. The molecule has 0 spiro atoms. The van der Waals surface area contributed by atoms with Gasteiger partial charge in [-0.3, -0.25) is 18.6 Å². The number of allylic oxidation sites excluding steroid dienone is 8. The van der Waals surface area contributed by atoms with E-state index in [2.05, 4.69) is 67.8 Å². The Labute approximate surface area is 371 Å². The zero-order chi connectivity index (χ0) is 44.9. The fourth-order valence-electron chi connectivity index (χ4n) is 6.54. The summed E-state index contributed by atoms with van der Waals surface area (Å²) < 4.78 is 26.9. The molecule has 0 saturated heterocycles. The van der Waals surface area contributed by atoms with E-state index in [-0.39, 0.29) is 12.8 Å². The van der Waals surface area contributed by atoms with Crippen LogP contribution < -0.4 is 5.32 Å². The second-order valence-corrected chi connectivity index (χ2v) is 17.7. The maximum absolute atomic E-state index is 12.3. The third-order valence-corrected chi connectivity index (χ3v) is 11.3. The Bertz CT molecular complexity index is 1220. The molecule has 1 amide bonds. The number of hydrogen-bond acceptors (Lipinski definition) is 8. The van der Waals surface area contributed by atoms with Crippen molar-refractivity contribution in [1.82, 2.24) is 5.32 Å². The number of aliphatic hydroxyl groups is 1. The highest BCUT2D eigenvalue weighted by Crippen LogP contribution is 2.43. The van der Waals surface area contributed by atoms with Crippen molar-refractivity contribution >= 4 is 25.7 Å². The number of carbonyl (C=O) groups excluding carboxylic acids is 2. The van der Waals surface area contributed by atoms with Gasteiger partial charge >= 0.3 is 19.8 Å². The van der Waals surface area contributed by atoms with Crippen LogP contribution in [0, 0.1) is 0 Å². The van der Waals surface area contributed by atoms with Crippen molar-refractivity contribution in [3.05, 3.63) is 48.6 Å². The molecule has 0 aliphatic carbocycles. The van der Waals surface area contributed by atoms with Crippen molar-refractivity contribution in [2.24, 2.45) is 0 Å². The van der Waals surface area contributed by atoms with Gasteiger partial charge in [0, 0.05) is 12.8 Å². The van der Waals surface area contributed by atoms with Gasteiger partial charge in [-0.1, -0.05) is 178 Å². The van der Waals surface area contributed by atoms with E-state index in [9.17, 15) is 34.1 Å². The number of phosphoric ester groups is 1. The molecular weight excluding hydrogens is 794 g/mol. The SMILES string of the molecule is CCCC/C=C\C/C=C\CCCCCCCC(=O)NC(COP(=O)(O)OCC(O)COC(=O)CCCCCCCCCCCCCCC/C=C\C/C=C\CCCCC)C(=O)O. The molecule has 0 fully saturated rings. The largest absolute Gasteiger partial charge is 0.480 e. The lowest BCUT2D eigenvalue weighted by Crippen LogP contribution is -2.43. The molecule has 0 bridgehead atoms. The van der Waals surface area contributed by atoms with Crippen LogP contribution in [0.1, 0.15) is 213 Å². The van der Waals surface area contributed by atoms with Gasteiger partial charge in [0.15, 0.2) is 6.04 Å². The number of rotatable bonds is 45. The number of amides is 1. The third kappa shape index (κ3) is 43.9. The topological polar surface area (TPSA) is 169 Å².